The molecule has 0 atom stereocenters. The van der Waals surface area contributed by atoms with Gasteiger partial charge in [0, 0.05) is 12.6 Å². The summed E-state index contributed by atoms with van der Waals surface area (Å²) in [6, 6.07) is 33.7. The molecule has 4 nitrogen and oxygen atoms in total. The summed E-state index contributed by atoms with van der Waals surface area (Å²) < 4.78 is 0. The molecule has 4 aromatic rings. The van der Waals surface area contributed by atoms with Gasteiger partial charge in [-0.15, -0.1) is 0 Å². The summed E-state index contributed by atoms with van der Waals surface area (Å²) in [4.78, 5) is 16.5. The van der Waals surface area contributed by atoms with E-state index in [1.165, 1.54) is 0 Å². The van der Waals surface area contributed by atoms with Crippen LogP contribution >= 0.6 is 0 Å². The number of nitrogens with zero attached hydrogens (tertiary/aromatic N) is 2. The van der Waals surface area contributed by atoms with Crippen LogP contribution < -0.4 is 5.43 Å². The van der Waals surface area contributed by atoms with Gasteiger partial charge in [0.05, 0.1) is 5.71 Å². The van der Waals surface area contributed by atoms with E-state index in [1.807, 2.05) is 48.5 Å². The Balaban J connectivity index is 1.60. The Kier molecular flexibility index (Phi) is 6.06. The second-order valence-corrected chi connectivity index (χ2v) is 6.82. The fourth-order valence-corrected chi connectivity index (χ4v) is 3.15. The predicted molar refractivity (Wildman–Crippen MR) is 120 cm³/mol. The zero-order valence-corrected chi connectivity index (χ0v) is 16.4. The highest BCUT2D eigenvalue weighted by Crippen LogP contribution is 2.20. The van der Waals surface area contributed by atoms with E-state index in [0.717, 1.165) is 28.0 Å². The lowest BCUT2D eigenvalue weighted by atomic mass is 9.99. The van der Waals surface area contributed by atoms with Gasteiger partial charge in [-0.1, -0.05) is 91.0 Å². The highest BCUT2D eigenvalue weighted by molar-refractivity contribution is 6.03. The van der Waals surface area contributed by atoms with E-state index in [-0.39, 0.29) is 5.91 Å². The van der Waals surface area contributed by atoms with Crippen molar-refractivity contribution in [2.75, 3.05) is 0 Å². The van der Waals surface area contributed by atoms with Crippen molar-refractivity contribution in [2.45, 2.75) is 6.42 Å². The number of hydrogen-bond donors (Lipinski definition) is 1. The Hall–Kier alpha value is -4.05. The molecule has 1 amide bonds. The maximum Gasteiger partial charge on any atom is 0.289 e. The van der Waals surface area contributed by atoms with Crippen molar-refractivity contribution >= 4 is 11.6 Å². The molecule has 0 fully saturated rings. The highest BCUT2D eigenvalue weighted by Gasteiger charge is 2.09. The summed E-state index contributed by atoms with van der Waals surface area (Å²) in [6.07, 6.45) is 2.19. The molecular formula is C26H21N3O. The Morgan fingerprint density at radius 2 is 1.37 bits per heavy atom. The fraction of sp³-hybridized carbons (Fsp3) is 0.0385. The molecule has 0 radical (unpaired) electrons. The van der Waals surface area contributed by atoms with Gasteiger partial charge < -0.3 is 0 Å². The second-order valence-electron chi connectivity index (χ2n) is 6.82. The summed E-state index contributed by atoms with van der Waals surface area (Å²) in [7, 11) is 0. The van der Waals surface area contributed by atoms with E-state index in [1.54, 1.807) is 24.4 Å². The van der Waals surface area contributed by atoms with Gasteiger partial charge in [0.15, 0.2) is 0 Å². The number of hydrazone groups is 1. The number of pyridine rings is 1. The molecule has 30 heavy (non-hydrogen) atoms. The lowest BCUT2D eigenvalue weighted by Crippen LogP contribution is -2.22. The van der Waals surface area contributed by atoms with Crippen LogP contribution in [0.15, 0.2) is 114 Å². The van der Waals surface area contributed by atoms with Crippen LogP contribution in [0, 0.1) is 0 Å². The van der Waals surface area contributed by atoms with Gasteiger partial charge in [-0.2, -0.15) is 5.10 Å². The molecule has 0 aliphatic rings. The number of amides is 1. The van der Waals surface area contributed by atoms with Crippen molar-refractivity contribution in [3.63, 3.8) is 0 Å². The Morgan fingerprint density at radius 1 is 0.733 bits per heavy atom. The third-order valence-electron chi connectivity index (χ3n) is 4.73. The van der Waals surface area contributed by atoms with Crippen molar-refractivity contribution in [3.05, 3.63) is 126 Å². The predicted octanol–water partition coefficient (Wildman–Crippen LogP) is 5.13. The molecule has 0 bridgehead atoms. The monoisotopic (exact) mass is 391 g/mol. The highest BCUT2D eigenvalue weighted by atomic mass is 16.2. The first-order chi connectivity index (χ1) is 14.8. The van der Waals surface area contributed by atoms with E-state index in [2.05, 4.69) is 51.9 Å². The minimum absolute atomic E-state index is 0.331. The average molecular weight is 391 g/mol. The second kappa shape index (κ2) is 9.43. The van der Waals surface area contributed by atoms with Crippen molar-refractivity contribution in [1.29, 1.82) is 0 Å². The molecule has 146 valence electrons. The Labute approximate surface area is 175 Å². The van der Waals surface area contributed by atoms with Crippen LogP contribution in [0.5, 0.6) is 0 Å². The summed E-state index contributed by atoms with van der Waals surface area (Å²) in [6.45, 7) is 0. The number of carbonyl (C=O) groups is 1. The van der Waals surface area contributed by atoms with Crippen LogP contribution in [0.4, 0.5) is 0 Å². The van der Waals surface area contributed by atoms with E-state index in [0.29, 0.717) is 12.1 Å². The molecular weight excluding hydrogens is 370 g/mol. The largest absolute Gasteiger partial charge is 0.289 e. The van der Waals surface area contributed by atoms with Crippen LogP contribution in [0.1, 0.15) is 21.6 Å². The Bertz CT molecular complexity index is 1120. The van der Waals surface area contributed by atoms with Crippen LogP contribution in [0.25, 0.3) is 11.1 Å². The lowest BCUT2D eigenvalue weighted by molar-refractivity contribution is 0.0950. The van der Waals surface area contributed by atoms with Gasteiger partial charge in [0.2, 0.25) is 0 Å². The standard InChI is InChI=1S/C26H21N3O/c30-26(24-13-7-8-18-27-24)29-28-25(19-20-9-3-1-4-10-20)23-16-14-22(15-17-23)21-11-5-2-6-12-21/h1-18H,19H2,(H,29,30). The molecule has 0 unspecified atom stereocenters. The zero-order chi connectivity index (χ0) is 20.6. The third-order valence-corrected chi connectivity index (χ3v) is 4.73. The van der Waals surface area contributed by atoms with Crippen LogP contribution in [-0.2, 0) is 6.42 Å². The number of aromatic nitrogens is 1. The molecule has 0 aliphatic heterocycles. The van der Waals surface area contributed by atoms with Crippen LogP contribution in [-0.4, -0.2) is 16.6 Å². The van der Waals surface area contributed by atoms with E-state index < -0.39 is 0 Å². The average Bonchev–Trinajstić information content (AvgIpc) is 2.83. The van der Waals surface area contributed by atoms with Gasteiger partial charge in [0.25, 0.3) is 5.91 Å². The Morgan fingerprint density at radius 3 is 2.03 bits per heavy atom. The fourth-order valence-electron chi connectivity index (χ4n) is 3.15. The topological polar surface area (TPSA) is 54.4 Å². The smallest absolute Gasteiger partial charge is 0.266 e. The first-order valence-electron chi connectivity index (χ1n) is 9.77. The van der Waals surface area contributed by atoms with E-state index in [9.17, 15) is 4.79 Å². The molecule has 1 N–H and O–H groups in total. The first-order valence-corrected chi connectivity index (χ1v) is 9.77. The van der Waals surface area contributed by atoms with E-state index >= 15 is 0 Å². The lowest BCUT2D eigenvalue weighted by Gasteiger charge is -2.09. The van der Waals surface area contributed by atoms with Gasteiger partial charge in [-0.25, -0.2) is 5.43 Å². The van der Waals surface area contributed by atoms with Gasteiger partial charge >= 0.3 is 0 Å². The number of nitrogens with one attached hydrogen (secondary N) is 1. The van der Waals surface area contributed by atoms with Crippen molar-refractivity contribution in [2.24, 2.45) is 5.10 Å². The van der Waals surface area contributed by atoms with E-state index in [4.69, 9.17) is 0 Å². The molecule has 4 rings (SSSR count). The summed E-state index contributed by atoms with van der Waals surface area (Å²) >= 11 is 0. The molecule has 0 aliphatic carbocycles. The summed E-state index contributed by atoms with van der Waals surface area (Å²) in [5.41, 5.74) is 8.14. The first kappa shape index (κ1) is 19.3. The molecule has 1 heterocycles. The molecule has 0 saturated heterocycles. The summed E-state index contributed by atoms with van der Waals surface area (Å²) in [5.74, 6) is -0.331. The normalized spacial score (nSPS) is 11.1. The van der Waals surface area contributed by atoms with Crippen molar-refractivity contribution in [1.82, 2.24) is 10.4 Å². The molecule has 3 aromatic carbocycles. The number of rotatable bonds is 6. The van der Waals surface area contributed by atoms with Gasteiger partial charge in [-0.05, 0) is 34.4 Å². The third kappa shape index (κ3) is 4.86. The maximum absolute atomic E-state index is 12.4. The minimum atomic E-state index is -0.331. The molecule has 1 aromatic heterocycles. The molecule has 4 heteroatoms. The SMILES string of the molecule is O=C(NN=C(Cc1ccccc1)c1ccc(-c2ccccc2)cc1)c1ccccn1. The molecule has 0 saturated carbocycles. The van der Waals surface area contributed by atoms with Crippen LogP contribution in [0.2, 0.25) is 0 Å². The number of hydrogen-bond acceptors (Lipinski definition) is 3. The summed E-state index contributed by atoms with van der Waals surface area (Å²) in [5, 5.41) is 4.45. The molecule has 0 spiro atoms. The quantitative estimate of drug-likeness (QED) is 0.366. The van der Waals surface area contributed by atoms with Gasteiger partial charge in [0.1, 0.15) is 5.69 Å². The maximum atomic E-state index is 12.4. The number of benzene rings is 3. The number of carbonyl (C=O) groups excluding carboxylic acids is 1. The van der Waals surface area contributed by atoms with Gasteiger partial charge in [-0.3, -0.25) is 9.78 Å². The minimum Gasteiger partial charge on any atom is -0.266 e. The van der Waals surface area contributed by atoms with Crippen LogP contribution in [0.3, 0.4) is 0 Å². The van der Waals surface area contributed by atoms with Crippen molar-refractivity contribution in [3.8, 4) is 11.1 Å². The zero-order valence-electron chi connectivity index (χ0n) is 16.4. The van der Waals surface area contributed by atoms with Crippen molar-refractivity contribution < 1.29 is 4.79 Å².